The fraction of sp³-hybridized carbons (Fsp3) is 0.250. The summed E-state index contributed by atoms with van der Waals surface area (Å²) in [6, 6.07) is 9.64. The van der Waals surface area contributed by atoms with Crippen LogP contribution in [0.5, 0.6) is 0 Å². The van der Waals surface area contributed by atoms with Crippen molar-refractivity contribution in [2.24, 2.45) is 0 Å². The molecule has 3 rings (SSSR count). The molecule has 2 aromatic rings. The normalized spacial score (nSPS) is 13.2. The molecule has 0 bridgehead atoms. The van der Waals surface area contributed by atoms with Gasteiger partial charge in [0.15, 0.2) is 0 Å². The first-order chi connectivity index (χ1) is 9.72. The monoisotopic (exact) mass is 267 g/mol. The van der Waals surface area contributed by atoms with Crippen LogP contribution in [-0.2, 0) is 6.42 Å². The summed E-state index contributed by atoms with van der Waals surface area (Å²) in [5.41, 5.74) is 4.71. The minimum atomic E-state index is -0.131. The van der Waals surface area contributed by atoms with E-state index in [0.717, 1.165) is 36.5 Å². The van der Waals surface area contributed by atoms with E-state index < -0.39 is 0 Å². The van der Waals surface area contributed by atoms with E-state index in [-0.39, 0.29) is 5.91 Å². The van der Waals surface area contributed by atoms with Gasteiger partial charge < -0.3 is 10.6 Å². The second kappa shape index (κ2) is 5.33. The Kier molecular flexibility index (Phi) is 3.37. The Balaban J connectivity index is 1.77. The van der Waals surface area contributed by atoms with E-state index in [1.165, 1.54) is 5.56 Å². The third-order valence-corrected chi connectivity index (χ3v) is 3.48. The fourth-order valence-electron chi connectivity index (χ4n) is 2.34. The van der Waals surface area contributed by atoms with Crippen molar-refractivity contribution in [1.82, 2.24) is 4.98 Å². The minimum absolute atomic E-state index is 0.131. The molecule has 0 aliphatic carbocycles. The van der Waals surface area contributed by atoms with Gasteiger partial charge in [0.05, 0.1) is 5.56 Å². The van der Waals surface area contributed by atoms with Gasteiger partial charge in [-0.3, -0.25) is 9.78 Å². The zero-order chi connectivity index (χ0) is 13.9. The van der Waals surface area contributed by atoms with Crippen molar-refractivity contribution in [2.45, 2.75) is 19.8 Å². The molecule has 2 heterocycles. The molecule has 0 atom stereocenters. The van der Waals surface area contributed by atoms with Crippen molar-refractivity contribution >= 4 is 17.3 Å². The number of hydrogen-bond acceptors (Lipinski definition) is 3. The molecule has 102 valence electrons. The Bertz CT molecular complexity index is 635. The van der Waals surface area contributed by atoms with Crippen LogP contribution >= 0.6 is 0 Å². The Hall–Kier alpha value is -2.36. The molecule has 20 heavy (non-hydrogen) atoms. The number of nitrogens with zero attached hydrogens (tertiary/aromatic N) is 1. The van der Waals surface area contributed by atoms with E-state index in [0.29, 0.717) is 5.56 Å². The molecule has 4 nitrogen and oxygen atoms in total. The first-order valence-corrected chi connectivity index (χ1v) is 6.83. The van der Waals surface area contributed by atoms with Gasteiger partial charge in [0, 0.05) is 29.8 Å². The summed E-state index contributed by atoms with van der Waals surface area (Å²) in [6.07, 6.45) is 3.85. The Morgan fingerprint density at radius 2 is 2.20 bits per heavy atom. The molecule has 0 saturated carbocycles. The number of nitrogens with one attached hydrogen (secondary N) is 2. The molecule has 0 radical (unpaired) electrons. The van der Waals surface area contributed by atoms with Gasteiger partial charge in [-0.25, -0.2) is 0 Å². The van der Waals surface area contributed by atoms with Crippen molar-refractivity contribution in [3.8, 4) is 0 Å². The number of pyridine rings is 1. The number of fused-ring (bicyclic) bond motifs is 1. The predicted molar refractivity (Wildman–Crippen MR) is 80.2 cm³/mol. The number of benzene rings is 1. The molecule has 1 amide bonds. The van der Waals surface area contributed by atoms with Gasteiger partial charge in [0.25, 0.3) is 5.91 Å². The highest BCUT2D eigenvalue weighted by Gasteiger charge is 2.11. The van der Waals surface area contributed by atoms with Gasteiger partial charge in [0.2, 0.25) is 0 Å². The Morgan fingerprint density at radius 1 is 1.30 bits per heavy atom. The van der Waals surface area contributed by atoms with Crippen molar-refractivity contribution in [1.29, 1.82) is 0 Å². The third kappa shape index (κ3) is 2.64. The summed E-state index contributed by atoms with van der Waals surface area (Å²) in [6.45, 7) is 2.89. The van der Waals surface area contributed by atoms with Crippen molar-refractivity contribution in [2.75, 3.05) is 17.2 Å². The van der Waals surface area contributed by atoms with Crippen LogP contribution in [0.25, 0.3) is 0 Å². The summed E-state index contributed by atoms with van der Waals surface area (Å²) in [5, 5.41) is 6.27. The molecule has 1 aliphatic rings. The van der Waals surface area contributed by atoms with Gasteiger partial charge in [0.1, 0.15) is 0 Å². The molecule has 2 N–H and O–H groups in total. The maximum atomic E-state index is 12.1. The van der Waals surface area contributed by atoms with Crippen LogP contribution in [0.3, 0.4) is 0 Å². The van der Waals surface area contributed by atoms with Crippen molar-refractivity contribution in [3.63, 3.8) is 0 Å². The molecule has 1 aromatic carbocycles. The number of amides is 1. The number of carbonyl (C=O) groups is 1. The van der Waals surface area contributed by atoms with Crippen LogP contribution in [-0.4, -0.2) is 17.4 Å². The van der Waals surface area contributed by atoms with E-state index in [1.54, 1.807) is 12.3 Å². The van der Waals surface area contributed by atoms with Gasteiger partial charge in [-0.2, -0.15) is 0 Å². The summed E-state index contributed by atoms with van der Waals surface area (Å²) in [5.74, 6) is -0.131. The molecule has 4 heteroatoms. The fourth-order valence-corrected chi connectivity index (χ4v) is 2.34. The highest BCUT2D eigenvalue weighted by Crippen LogP contribution is 2.25. The quantitative estimate of drug-likeness (QED) is 0.879. The van der Waals surface area contributed by atoms with Crippen molar-refractivity contribution < 1.29 is 4.79 Å². The standard InChI is InChI=1S/C16H17N3O/c1-11-4-5-13(10-18-11)16(20)19-14-7-6-12-3-2-8-17-15(12)9-14/h4-7,9-10,17H,2-3,8H2,1H3,(H,19,20). The number of hydrogen-bond donors (Lipinski definition) is 2. The lowest BCUT2D eigenvalue weighted by molar-refractivity contribution is 0.102. The van der Waals surface area contributed by atoms with Crippen LogP contribution in [0.15, 0.2) is 36.5 Å². The molecular weight excluding hydrogens is 250 g/mol. The van der Waals surface area contributed by atoms with E-state index in [4.69, 9.17) is 0 Å². The largest absolute Gasteiger partial charge is 0.385 e. The first-order valence-electron chi connectivity index (χ1n) is 6.83. The molecule has 0 unspecified atom stereocenters. The highest BCUT2D eigenvalue weighted by atomic mass is 16.1. The molecule has 0 spiro atoms. The van der Waals surface area contributed by atoms with E-state index in [2.05, 4.69) is 21.7 Å². The van der Waals surface area contributed by atoms with Crippen molar-refractivity contribution in [3.05, 3.63) is 53.3 Å². The minimum Gasteiger partial charge on any atom is -0.385 e. The maximum absolute atomic E-state index is 12.1. The number of aryl methyl sites for hydroxylation is 2. The van der Waals surface area contributed by atoms with Gasteiger partial charge in [-0.15, -0.1) is 0 Å². The van der Waals surface area contributed by atoms with Gasteiger partial charge in [-0.1, -0.05) is 6.07 Å². The van der Waals surface area contributed by atoms with E-state index >= 15 is 0 Å². The highest BCUT2D eigenvalue weighted by molar-refractivity contribution is 6.04. The maximum Gasteiger partial charge on any atom is 0.257 e. The van der Waals surface area contributed by atoms with Gasteiger partial charge in [-0.05, 0) is 49.6 Å². The SMILES string of the molecule is Cc1ccc(C(=O)Nc2ccc3c(c2)NCCC3)cn1. The lowest BCUT2D eigenvalue weighted by atomic mass is 10.0. The summed E-state index contributed by atoms with van der Waals surface area (Å²) in [4.78, 5) is 16.3. The van der Waals surface area contributed by atoms with E-state index in [9.17, 15) is 4.79 Å². The van der Waals surface area contributed by atoms with E-state index in [1.807, 2.05) is 25.1 Å². The first kappa shape index (κ1) is 12.7. The second-order valence-corrected chi connectivity index (χ2v) is 5.04. The number of rotatable bonds is 2. The van der Waals surface area contributed by atoms with Crippen LogP contribution in [0, 0.1) is 6.92 Å². The lowest BCUT2D eigenvalue weighted by Crippen LogP contribution is -2.15. The van der Waals surface area contributed by atoms with Crippen LogP contribution in [0.2, 0.25) is 0 Å². The second-order valence-electron chi connectivity index (χ2n) is 5.04. The summed E-state index contributed by atoms with van der Waals surface area (Å²) in [7, 11) is 0. The zero-order valence-electron chi connectivity index (χ0n) is 11.4. The molecule has 0 fully saturated rings. The number of carbonyl (C=O) groups excluding carboxylic acids is 1. The average Bonchev–Trinajstić information content (AvgIpc) is 2.48. The van der Waals surface area contributed by atoms with Crippen LogP contribution < -0.4 is 10.6 Å². The molecule has 1 aromatic heterocycles. The molecular formula is C16H17N3O. The topological polar surface area (TPSA) is 54.0 Å². The Morgan fingerprint density at radius 3 is 3.00 bits per heavy atom. The number of aromatic nitrogens is 1. The van der Waals surface area contributed by atoms with Crippen LogP contribution in [0.1, 0.15) is 28.0 Å². The smallest absolute Gasteiger partial charge is 0.257 e. The third-order valence-electron chi connectivity index (χ3n) is 3.48. The predicted octanol–water partition coefficient (Wildman–Crippen LogP) is 3.00. The Labute approximate surface area is 118 Å². The summed E-state index contributed by atoms with van der Waals surface area (Å²) < 4.78 is 0. The summed E-state index contributed by atoms with van der Waals surface area (Å²) >= 11 is 0. The molecule has 1 aliphatic heterocycles. The average molecular weight is 267 g/mol. The zero-order valence-corrected chi connectivity index (χ0v) is 11.4. The molecule has 0 saturated heterocycles. The lowest BCUT2D eigenvalue weighted by Gasteiger charge is -2.18. The van der Waals surface area contributed by atoms with Crippen LogP contribution in [0.4, 0.5) is 11.4 Å². The number of anilines is 2. The van der Waals surface area contributed by atoms with Gasteiger partial charge >= 0.3 is 0 Å².